The van der Waals surface area contributed by atoms with Crippen LogP contribution in [0.1, 0.15) is 12.0 Å². The monoisotopic (exact) mass is 356 g/mol. The number of rotatable bonds is 4. The lowest BCUT2D eigenvalue weighted by atomic mass is 10.1. The van der Waals surface area contributed by atoms with Crippen molar-refractivity contribution in [2.24, 2.45) is 0 Å². The average molecular weight is 357 g/mol. The number of hydrogen-bond acceptors (Lipinski definition) is 3. The van der Waals surface area contributed by atoms with Crippen molar-refractivity contribution in [3.8, 4) is 0 Å². The van der Waals surface area contributed by atoms with Crippen LogP contribution in [0.5, 0.6) is 0 Å². The maximum Gasteiger partial charge on any atom is 0.318 e. The predicted octanol–water partition coefficient (Wildman–Crippen LogP) is 1.83. The topological polar surface area (TPSA) is 78.9 Å². The Labute approximate surface area is 131 Å². The fourth-order valence-electron chi connectivity index (χ4n) is 2.21. The Morgan fingerprint density at radius 2 is 2.19 bits per heavy atom. The molecule has 1 aliphatic heterocycles. The summed E-state index contributed by atoms with van der Waals surface area (Å²) in [7, 11) is 0. The maximum absolute atomic E-state index is 12.2. The van der Waals surface area contributed by atoms with Gasteiger partial charge in [0.15, 0.2) is 0 Å². The van der Waals surface area contributed by atoms with Crippen LogP contribution < -0.4 is 5.32 Å². The van der Waals surface area contributed by atoms with Crippen molar-refractivity contribution < 1.29 is 19.4 Å². The molecule has 2 rings (SSSR count). The van der Waals surface area contributed by atoms with Crippen molar-refractivity contribution in [1.29, 1.82) is 0 Å². The molecule has 114 valence electrons. The molecule has 7 heteroatoms. The van der Waals surface area contributed by atoms with Crippen LogP contribution in [-0.2, 0) is 16.1 Å². The van der Waals surface area contributed by atoms with E-state index in [1.54, 1.807) is 0 Å². The first-order valence-corrected chi connectivity index (χ1v) is 7.44. The van der Waals surface area contributed by atoms with Gasteiger partial charge in [-0.3, -0.25) is 4.79 Å². The molecule has 1 aliphatic rings. The first kappa shape index (κ1) is 15.8. The van der Waals surface area contributed by atoms with E-state index in [0.717, 1.165) is 10.0 Å². The summed E-state index contributed by atoms with van der Waals surface area (Å²) in [6, 6.07) is 6.94. The molecule has 1 fully saturated rings. The second-order valence-electron chi connectivity index (χ2n) is 4.77. The summed E-state index contributed by atoms with van der Waals surface area (Å²) in [6.07, 6.45) is -0.109. The number of amides is 2. The Kier molecular flexibility index (Phi) is 5.58. The molecular formula is C14H17BrN2O4. The van der Waals surface area contributed by atoms with Crippen LogP contribution in [0.2, 0.25) is 0 Å². The van der Waals surface area contributed by atoms with Gasteiger partial charge in [0.2, 0.25) is 0 Å². The number of halogens is 1. The predicted molar refractivity (Wildman–Crippen MR) is 79.9 cm³/mol. The fourth-order valence-corrected chi connectivity index (χ4v) is 2.63. The molecule has 0 aromatic heterocycles. The third-order valence-electron chi connectivity index (χ3n) is 3.29. The lowest BCUT2D eigenvalue weighted by Crippen LogP contribution is -2.53. The van der Waals surface area contributed by atoms with E-state index in [-0.39, 0.29) is 19.1 Å². The van der Waals surface area contributed by atoms with E-state index >= 15 is 0 Å². The molecule has 0 radical (unpaired) electrons. The summed E-state index contributed by atoms with van der Waals surface area (Å²) in [5.74, 6) is -0.936. The normalized spacial score (nSPS) is 18.3. The molecule has 1 heterocycles. The second-order valence-corrected chi connectivity index (χ2v) is 5.62. The van der Waals surface area contributed by atoms with Crippen molar-refractivity contribution >= 4 is 27.9 Å². The molecular weight excluding hydrogens is 340 g/mol. The number of urea groups is 1. The van der Waals surface area contributed by atoms with Gasteiger partial charge in [-0.25, -0.2) is 4.79 Å². The Morgan fingerprint density at radius 3 is 2.90 bits per heavy atom. The van der Waals surface area contributed by atoms with Crippen LogP contribution in [-0.4, -0.2) is 47.8 Å². The molecule has 6 nitrogen and oxygen atoms in total. The zero-order chi connectivity index (χ0) is 15.2. The van der Waals surface area contributed by atoms with Crippen LogP contribution in [0.25, 0.3) is 0 Å². The van der Waals surface area contributed by atoms with E-state index in [4.69, 9.17) is 9.84 Å². The summed E-state index contributed by atoms with van der Waals surface area (Å²) < 4.78 is 6.18. The molecule has 1 atom stereocenters. The summed E-state index contributed by atoms with van der Waals surface area (Å²) in [6.45, 7) is 1.48. The van der Waals surface area contributed by atoms with Gasteiger partial charge in [0.25, 0.3) is 0 Å². The molecule has 1 saturated heterocycles. The largest absolute Gasteiger partial charge is 0.481 e. The number of nitrogens with one attached hydrogen (secondary N) is 1. The standard InChI is InChI=1S/C14H17BrN2O4/c15-12-4-2-1-3-10(12)8-16-14(20)17-5-6-21-9-11(17)7-13(18)19/h1-4,11H,5-9H2,(H,16,20)(H,18,19). The third-order valence-corrected chi connectivity index (χ3v) is 4.06. The summed E-state index contributed by atoms with van der Waals surface area (Å²) >= 11 is 3.42. The average Bonchev–Trinajstić information content (AvgIpc) is 2.46. The molecule has 2 N–H and O–H groups in total. The van der Waals surface area contributed by atoms with Crippen molar-refractivity contribution in [2.45, 2.75) is 19.0 Å². The Balaban J connectivity index is 1.94. The van der Waals surface area contributed by atoms with Crippen LogP contribution in [0, 0.1) is 0 Å². The van der Waals surface area contributed by atoms with Gasteiger partial charge in [0, 0.05) is 17.6 Å². The zero-order valence-electron chi connectivity index (χ0n) is 11.4. The summed E-state index contributed by atoms with van der Waals surface area (Å²) in [5, 5.41) is 11.7. The number of ether oxygens (including phenoxy) is 1. The molecule has 0 saturated carbocycles. The number of carboxylic acid groups (broad SMARTS) is 1. The number of carbonyl (C=O) groups excluding carboxylic acids is 1. The Hall–Kier alpha value is -1.60. The Morgan fingerprint density at radius 1 is 1.43 bits per heavy atom. The number of morpholine rings is 1. The van der Waals surface area contributed by atoms with E-state index in [9.17, 15) is 9.59 Å². The van der Waals surface area contributed by atoms with Crippen LogP contribution in [0.4, 0.5) is 4.79 Å². The van der Waals surface area contributed by atoms with E-state index in [2.05, 4.69) is 21.2 Å². The summed E-state index contributed by atoms with van der Waals surface area (Å²) in [4.78, 5) is 24.6. The molecule has 2 amide bonds. The van der Waals surface area contributed by atoms with E-state index < -0.39 is 12.0 Å². The van der Waals surface area contributed by atoms with Gasteiger partial charge in [-0.1, -0.05) is 34.1 Å². The van der Waals surface area contributed by atoms with Crippen LogP contribution in [0.15, 0.2) is 28.7 Å². The van der Waals surface area contributed by atoms with E-state index in [1.807, 2.05) is 24.3 Å². The van der Waals surface area contributed by atoms with E-state index in [0.29, 0.717) is 19.7 Å². The minimum atomic E-state index is -0.936. The van der Waals surface area contributed by atoms with Gasteiger partial charge < -0.3 is 20.1 Å². The van der Waals surface area contributed by atoms with Gasteiger partial charge in [0.05, 0.1) is 25.7 Å². The Bertz CT molecular complexity index is 523. The highest BCUT2D eigenvalue weighted by Gasteiger charge is 2.28. The highest BCUT2D eigenvalue weighted by Crippen LogP contribution is 2.16. The zero-order valence-corrected chi connectivity index (χ0v) is 13.0. The van der Waals surface area contributed by atoms with Gasteiger partial charge in [-0.2, -0.15) is 0 Å². The summed E-state index contributed by atoms with van der Waals surface area (Å²) in [5.41, 5.74) is 0.967. The SMILES string of the molecule is O=C(O)CC1COCCN1C(=O)NCc1ccccc1Br. The van der Waals surface area contributed by atoms with Crippen LogP contribution in [0.3, 0.4) is 0 Å². The molecule has 0 bridgehead atoms. The van der Waals surface area contributed by atoms with Gasteiger partial charge in [0.1, 0.15) is 0 Å². The molecule has 0 aliphatic carbocycles. The molecule has 0 spiro atoms. The minimum Gasteiger partial charge on any atom is -0.481 e. The number of hydrogen-bond donors (Lipinski definition) is 2. The highest BCUT2D eigenvalue weighted by atomic mass is 79.9. The fraction of sp³-hybridized carbons (Fsp3) is 0.429. The quantitative estimate of drug-likeness (QED) is 0.862. The number of benzene rings is 1. The van der Waals surface area contributed by atoms with Crippen LogP contribution >= 0.6 is 15.9 Å². The molecule has 1 aromatic carbocycles. The first-order chi connectivity index (χ1) is 10.1. The van der Waals surface area contributed by atoms with Crippen molar-refractivity contribution in [1.82, 2.24) is 10.2 Å². The first-order valence-electron chi connectivity index (χ1n) is 6.65. The maximum atomic E-state index is 12.2. The molecule has 21 heavy (non-hydrogen) atoms. The van der Waals surface area contributed by atoms with Crippen molar-refractivity contribution in [2.75, 3.05) is 19.8 Å². The number of aliphatic carboxylic acids is 1. The van der Waals surface area contributed by atoms with Crippen molar-refractivity contribution in [3.63, 3.8) is 0 Å². The number of carboxylic acids is 1. The lowest BCUT2D eigenvalue weighted by molar-refractivity contribution is -0.139. The molecule has 1 aromatic rings. The number of nitrogens with zero attached hydrogens (tertiary/aromatic N) is 1. The number of carbonyl (C=O) groups is 2. The second kappa shape index (κ2) is 7.42. The van der Waals surface area contributed by atoms with Gasteiger partial charge >= 0.3 is 12.0 Å². The minimum absolute atomic E-state index is 0.109. The molecule has 1 unspecified atom stereocenters. The van der Waals surface area contributed by atoms with E-state index in [1.165, 1.54) is 4.90 Å². The van der Waals surface area contributed by atoms with Crippen molar-refractivity contribution in [3.05, 3.63) is 34.3 Å². The van der Waals surface area contributed by atoms with Gasteiger partial charge in [-0.15, -0.1) is 0 Å². The highest BCUT2D eigenvalue weighted by molar-refractivity contribution is 9.10. The smallest absolute Gasteiger partial charge is 0.318 e. The lowest BCUT2D eigenvalue weighted by Gasteiger charge is -2.34. The van der Waals surface area contributed by atoms with Gasteiger partial charge in [-0.05, 0) is 11.6 Å². The third kappa shape index (κ3) is 4.44.